The van der Waals surface area contributed by atoms with Gasteiger partial charge in [-0.3, -0.25) is 9.59 Å². The van der Waals surface area contributed by atoms with Gasteiger partial charge in [-0.1, -0.05) is 92.4 Å². The van der Waals surface area contributed by atoms with Crippen LogP contribution in [0.15, 0.2) is 58.9 Å². The number of carbonyl (C=O) groups is 2. The first-order chi connectivity index (χ1) is 13.8. The molecule has 0 saturated carbocycles. The molecule has 0 aliphatic carbocycles. The van der Waals surface area contributed by atoms with Gasteiger partial charge in [0.05, 0.1) is 5.75 Å². The second kappa shape index (κ2) is 9.19. The molecular weight excluding hydrogens is 404 g/mol. The predicted molar refractivity (Wildman–Crippen MR) is 119 cm³/mol. The van der Waals surface area contributed by atoms with E-state index in [9.17, 15) is 9.59 Å². The smallest absolute Gasteiger partial charge is 0.234 e. The predicted octanol–water partition coefficient (Wildman–Crippen LogP) is 4.92. The molecule has 0 unspecified atom stereocenters. The van der Waals surface area contributed by atoms with Crippen molar-refractivity contribution >= 4 is 45.7 Å². The van der Waals surface area contributed by atoms with Crippen LogP contribution in [0.5, 0.6) is 0 Å². The zero-order valence-electron chi connectivity index (χ0n) is 16.4. The topological polar surface area (TPSA) is 84.0 Å². The Morgan fingerprint density at radius 2 is 1.66 bits per heavy atom. The van der Waals surface area contributed by atoms with Crippen LogP contribution in [0.25, 0.3) is 11.1 Å². The summed E-state index contributed by atoms with van der Waals surface area (Å²) in [4.78, 5) is 24.5. The number of anilines is 2. The van der Waals surface area contributed by atoms with Crippen molar-refractivity contribution in [1.29, 1.82) is 0 Å². The van der Waals surface area contributed by atoms with Crippen molar-refractivity contribution in [3.63, 3.8) is 0 Å². The lowest BCUT2D eigenvalue weighted by molar-refractivity contribution is -0.123. The number of aromatic nitrogens is 2. The molecule has 29 heavy (non-hydrogen) atoms. The normalized spacial score (nSPS) is 11.1. The number of rotatable bonds is 6. The lowest BCUT2D eigenvalue weighted by Crippen LogP contribution is -2.27. The molecule has 0 bridgehead atoms. The van der Waals surface area contributed by atoms with Gasteiger partial charge in [0.1, 0.15) is 0 Å². The molecule has 0 atom stereocenters. The van der Waals surface area contributed by atoms with E-state index in [-0.39, 0.29) is 17.6 Å². The highest BCUT2D eigenvalue weighted by atomic mass is 32.2. The van der Waals surface area contributed by atoms with E-state index in [4.69, 9.17) is 0 Å². The SMILES string of the molecule is CC(C)(C)C(=O)Nc1nnc(SCC(=O)Nc2ccccc2-c2ccccc2)s1. The third-order valence-corrected chi connectivity index (χ3v) is 5.89. The van der Waals surface area contributed by atoms with Crippen LogP contribution in [0.1, 0.15) is 20.8 Å². The third kappa shape index (κ3) is 5.88. The number of nitrogens with one attached hydrogen (secondary N) is 2. The van der Waals surface area contributed by atoms with Crippen LogP contribution >= 0.6 is 23.1 Å². The maximum absolute atomic E-state index is 12.4. The number of hydrogen-bond acceptors (Lipinski definition) is 6. The molecule has 0 saturated heterocycles. The minimum atomic E-state index is -0.509. The monoisotopic (exact) mass is 426 g/mol. The van der Waals surface area contributed by atoms with Crippen LogP contribution in [0.2, 0.25) is 0 Å². The van der Waals surface area contributed by atoms with Gasteiger partial charge in [0.2, 0.25) is 16.9 Å². The fourth-order valence-electron chi connectivity index (χ4n) is 2.38. The first-order valence-electron chi connectivity index (χ1n) is 9.05. The Labute approximate surface area is 178 Å². The first kappa shape index (κ1) is 21.0. The lowest BCUT2D eigenvalue weighted by Gasteiger charge is -2.15. The van der Waals surface area contributed by atoms with E-state index >= 15 is 0 Å². The molecule has 2 amide bonds. The highest BCUT2D eigenvalue weighted by Gasteiger charge is 2.22. The van der Waals surface area contributed by atoms with Gasteiger partial charge < -0.3 is 10.6 Å². The molecule has 1 aromatic heterocycles. The molecule has 8 heteroatoms. The molecule has 1 heterocycles. The Balaban J connectivity index is 1.59. The standard InChI is InChI=1S/C21H22N4O2S2/c1-21(2,3)18(27)23-19-24-25-20(29-19)28-13-17(26)22-16-12-8-7-11-15(16)14-9-5-4-6-10-14/h4-12H,13H2,1-3H3,(H,22,26)(H,23,24,27). The van der Waals surface area contributed by atoms with Crippen molar-refractivity contribution < 1.29 is 9.59 Å². The van der Waals surface area contributed by atoms with Gasteiger partial charge >= 0.3 is 0 Å². The Morgan fingerprint density at radius 3 is 2.38 bits per heavy atom. The summed E-state index contributed by atoms with van der Waals surface area (Å²) >= 11 is 2.54. The fourth-order valence-corrected chi connectivity index (χ4v) is 3.93. The quantitative estimate of drug-likeness (QED) is 0.432. The second-order valence-electron chi connectivity index (χ2n) is 7.33. The van der Waals surface area contributed by atoms with E-state index in [0.717, 1.165) is 16.8 Å². The van der Waals surface area contributed by atoms with Crippen LogP contribution in [0.4, 0.5) is 10.8 Å². The summed E-state index contributed by atoms with van der Waals surface area (Å²) in [5, 5.41) is 14.1. The highest BCUT2D eigenvalue weighted by molar-refractivity contribution is 8.01. The zero-order chi connectivity index (χ0) is 20.9. The van der Waals surface area contributed by atoms with Gasteiger partial charge in [0, 0.05) is 16.7 Å². The summed E-state index contributed by atoms with van der Waals surface area (Å²) in [6.07, 6.45) is 0. The van der Waals surface area contributed by atoms with Crippen LogP contribution in [0, 0.1) is 5.41 Å². The van der Waals surface area contributed by atoms with E-state index in [0.29, 0.717) is 9.47 Å². The maximum atomic E-state index is 12.4. The molecule has 3 rings (SSSR count). The summed E-state index contributed by atoms with van der Waals surface area (Å²) in [6, 6.07) is 17.6. The van der Waals surface area contributed by atoms with Crippen LogP contribution in [-0.2, 0) is 9.59 Å². The van der Waals surface area contributed by atoms with Gasteiger partial charge in [0.15, 0.2) is 4.34 Å². The Bertz CT molecular complexity index is 997. The first-order valence-corrected chi connectivity index (χ1v) is 10.9. The van der Waals surface area contributed by atoms with Crippen molar-refractivity contribution in [2.75, 3.05) is 16.4 Å². The fraction of sp³-hybridized carbons (Fsp3) is 0.238. The average Bonchev–Trinajstić information content (AvgIpc) is 3.14. The van der Waals surface area contributed by atoms with Crippen molar-refractivity contribution in [2.45, 2.75) is 25.1 Å². The highest BCUT2D eigenvalue weighted by Crippen LogP contribution is 2.29. The van der Waals surface area contributed by atoms with Gasteiger partial charge in [-0.2, -0.15) is 0 Å². The van der Waals surface area contributed by atoms with Crippen molar-refractivity contribution in [3.8, 4) is 11.1 Å². The van der Waals surface area contributed by atoms with Crippen LogP contribution in [-0.4, -0.2) is 27.8 Å². The third-order valence-electron chi connectivity index (χ3n) is 3.92. The summed E-state index contributed by atoms with van der Waals surface area (Å²) in [6.45, 7) is 5.49. The molecule has 2 N–H and O–H groups in total. The van der Waals surface area contributed by atoms with Gasteiger partial charge in [-0.15, -0.1) is 10.2 Å². The van der Waals surface area contributed by atoms with Gasteiger partial charge in [0.25, 0.3) is 0 Å². The molecule has 0 spiro atoms. The van der Waals surface area contributed by atoms with Crippen molar-refractivity contribution in [1.82, 2.24) is 10.2 Å². The molecule has 0 aliphatic rings. The number of thioether (sulfide) groups is 1. The van der Waals surface area contributed by atoms with Crippen molar-refractivity contribution in [2.24, 2.45) is 5.41 Å². The second-order valence-corrected chi connectivity index (χ2v) is 9.53. The molecule has 2 aromatic carbocycles. The van der Waals surface area contributed by atoms with Gasteiger partial charge in [-0.05, 0) is 11.6 Å². The largest absolute Gasteiger partial charge is 0.325 e. The Kier molecular flexibility index (Phi) is 6.66. The molecule has 6 nitrogen and oxygen atoms in total. The summed E-state index contributed by atoms with van der Waals surface area (Å²) in [5.41, 5.74) is 2.26. The summed E-state index contributed by atoms with van der Waals surface area (Å²) in [5.74, 6) is -0.0559. The average molecular weight is 427 g/mol. The zero-order valence-corrected chi connectivity index (χ0v) is 18.1. The molecular formula is C21H22N4O2S2. The number of benzene rings is 2. The van der Waals surface area contributed by atoms with Crippen LogP contribution in [0.3, 0.4) is 0 Å². The number of para-hydroxylation sites is 1. The molecule has 3 aromatic rings. The lowest BCUT2D eigenvalue weighted by atomic mass is 9.96. The number of nitrogens with zero attached hydrogens (tertiary/aromatic N) is 2. The number of hydrogen-bond donors (Lipinski definition) is 2. The van der Waals surface area contributed by atoms with E-state index < -0.39 is 5.41 Å². The summed E-state index contributed by atoms with van der Waals surface area (Å²) < 4.78 is 0.626. The van der Waals surface area contributed by atoms with E-state index in [2.05, 4.69) is 20.8 Å². The minimum absolute atomic E-state index is 0.125. The maximum Gasteiger partial charge on any atom is 0.234 e. The van der Waals surface area contributed by atoms with E-state index in [1.165, 1.54) is 23.1 Å². The summed E-state index contributed by atoms with van der Waals surface area (Å²) in [7, 11) is 0. The minimum Gasteiger partial charge on any atom is -0.325 e. The number of carbonyl (C=O) groups excluding carboxylic acids is 2. The Morgan fingerprint density at radius 1 is 0.966 bits per heavy atom. The van der Waals surface area contributed by atoms with Gasteiger partial charge in [-0.25, -0.2) is 0 Å². The van der Waals surface area contributed by atoms with E-state index in [1.807, 2.05) is 75.4 Å². The molecule has 0 radical (unpaired) electrons. The Hall–Kier alpha value is -2.71. The van der Waals surface area contributed by atoms with Crippen molar-refractivity contribution in [3.05, 3.63) is 54.6 Å². The molecule has 150 valence electrons. The number of amides is 2. The van der Waals surface area contributed by atoms with E-state index in [1.54, 1.807) is 0 Å². The molecule has 0 aliphatic heterocycles. The molecule has 0 fully saturated rings. The van der Waals surface area contributed by atoms with Crippen LogP contribution < -0.4 is 10.6 Å².